The predicted molar refractivity (Wildman–Crippen MR) is 75.5 cm³/mol. The fourth-order valence-electron chi connectivity index (χ4n) is 2.72. The van der Waals surface area contributed by atoms with Crippen LogP contribution in [0.1, 0.15) is 36.0 Å². The van der Waals surface area contributed by atoms with Gasteiger partial charge in [-0.25, -0.2) is 0 Å². The summed E-state index contributed by atoms with van der Waals surface area (Å²) in [5, 5.41) is 1.05. The molecule has 0 amide bonds. The molecule has 2 aromatic rings. The number of benzene rings is 1. The quantitative estimate of drug-likeness (QED) is 0.786. The summed E-state index contributed by atoms with van der Waals surface area (Å²) >= 11 is 0. The van der Waals surface area contributed by atoms with Crippen LogP contribution < -0.4 is 0 Å². The second-order valence-electron chi connectivity index (χ2n) is 5.25. The Bertz CT molecular complexity index is 567. The monoisotopic (exact) mass is 257 g/mol. The molecule has 1 aromatic heterocycles. The lowest BCUT2D eigenvalue weighted by atomic mass is 10.1. The second kappa shape index (κ2) is 5.57. The van der Waals surface area contributed by atoms with Crippen molar-refractivity contribution in [3.63, 3.8) is 0 Å². The zero-order chi connectivity index (χ0) is 13.1. The number of piperidine rings is 1. The number of carbonyl (C=O) groups is 1. The fourth-order valence-corrected chi connectivity index (χ4v) is 2.72. The molecule has 3 rings (SSSR count). The summed E-state index contributed by atoms with van der Waals surface area (Å²) in [7, 11) is 0. The molecule has 1 aliphatic heterocycles. The number of rotatable bonds is 4. The molecule has 0 aliphatic carbocycles. The molecule has 100 valence electrons. The molecule has 1 aromatic carbocycles. The molecule has 1 fully saturated rings. The van der Waals surface area contributed by atoms with Gasteiger partial charge >= 0.3 is 0 Å². The van der Waals surface area contributed by atoms with E-state index < -0.39 is 0 Å². The van der Waals surface area contributed by atoms with E-state index in [1.54, 1.807) is 6.26 Å². The summed E-state index contributed by atoms with van der Waals surface area (Å²) < 4.78 is 5.34. The van der Waals surface area contributed by atoms with E-state index in [1.807, 2.05) is 24.3 Å². The molecule has 0 saturated carbocycles. The Morgan fingerprint density at radius 2 is 2.00 bits per heavy atom. The molecule has 3 heteroatoms. The maximum atomic E-state index is 12.2. The van der Waals surface area contributed by atoms with Crippen molar-refractivity contribution in [3.8, 4) is 0 Å². The highest BCUT2D eigenvalue weighted by Gasteiger charge is 2.13. The van der Waals surface area contributed by atoms with Gasteiger partial charge in [0, 0.05) is 23.9 Å². The molecule has 2 heterocycles. The van der Waals surface area contributed by atoms with E-state index in [0.717, 1.165) is 36.2 Å². The first-order chi connectivity index (χ1) is 9.33. The number of fused-ring (bicyclic) bond motifs is 1. The first-order valence-electron chi connectivity index (χ1n) is 7.06. The number of hydrogen-bond donors (Lipinski definition) is 0. The lowest BCUT2D eigenvalue weighted by Crippen LogP contribution is -2.31. The van der Waals surface area contributed by atoms with Gasteiger partial charge in [-0.15, -0.1) is 0 Å². The van der Waals surface area contributed by atoms with Crippen LogP contribution in [0.2, 0.25) is 0 Å². The molecule has 0 atom stereocenters. The van der Waals surface area contributed by atoms with Crippen LogP contribution in [0.4, 0.5) is 0 Å². The summed E-state index contributed by atoms with van der Waals surface area (Å²) in [4.78, 5) is 14.6. The van der Waals surface area contributed by atoms with Crippen LogP contribution in [0.5, 0.6) is 0 Å². The van der Waals surface area contributed by atoms with Crippen molar-refractivity contribution < 1.29 is 9.21 Å². The average molecular weight is 257 g/mol. The number of ketones is 1. The van der Waals surface area contributed by atoms with Crippen molar-refractivity contribution in [2.75, 3.05) is 19.6 Å². The van der Waals surface area contributed by atoms with Crippen LogP contribution in [0, 0.1) is 0 Å². The Morgan fingerprint density at radius 1 is 1.16 bits per heavy atom. The number of nitrogens with zero attached hydrogens (tertiary/aromatic N) is 1. The van der Waals surface area contributed by atoms with Crippen molar-refractivity contribution in [1.82, 2.24) is 4.90 Å². The Balaban J connectivity index is 1.62. The van der Waals surface area contributed by atoms with Gasteiger partial charge in [0.25, 0.3) is 0 Å². The molecule has 3 nitrogen and oxygen atoms in total. The Kier molecular flexibility index (Phi) is 3.65. The van der Waals surface area contributed by atoms with Crippen LogP contribution >= 0.6 is 0 Å². The molecule has 0 radical (unpaired) electrons. The van der Waals surface area contributed by atoms with Crippen LogP contribution in [0.3, 0.4) is 0 Å². The van der Waals surface area contributed by atoms with Crippen LogP contribution in [-0.2, 0) is 0 Å². The van der Waals surface area contributed by atoms with Crippen molar-refractivity contribution in [1.29, 1.82) is 0 Å². The lowest BCUT2D eigenvalue weighted by molar-refractivity contribution is 0.0958. The standard InChI is InChI=1S/C16H19NO2/c18-15(6-10-17-8-2-1-3-9-17)14-5-4-13-7-11-19-16(13)12-14/h4-5,7,11-12H,1-3,6,8-10H2. The van der Waals surface area contributed by atoms with Crippen LogP contribution in [-0.4, -0.2) is 30.3 Å². The van der Waals surface area contributed by atoms with E-state index >= 15 is 0 Å². The van der Waals surface area contributed by atoms with E-state index in [-0.39, 0.29) is 5.78 Å². The van der Waals surface area contributed by atoms with Crippen LogP contribution in [0.15, 0.2) is 34.9 Å². The molecule has 19 heavy (non-hydrogen) atoms. The minimum atomic E-state index is 0.212. The molecular weight excluding hydrogens is 238 g/mol. The largest absolute Gasteiger partial charge is 0.464 e. The van der Waals surface area contributed by atoms with Gasteiger partial charge in [-0.05, 0) is 38.1 Å². The van der Waals surface area contributed by atoms with Gasteiger partial charge in [-0.1, -0.05) is 18.6 Å². The summed E-state index contributed by atoms with van der Waals surface area (Å²) in [6, 6.07) is 7.62. The van der Waals surface area contributed by atoms with Crippen molar-refractivity contribution in [2.45, 2.75) is 25.7 Å². The zero-order valence-electron chi connectivity index (χ0n) is 11.1. The molecule has 0 spiro atoms. The van der Waals surface area contributed by atoms with Crippen molar-refractivity contribution >= 4 is 16.8 Å². The third-order valence-electron chi connectivity index (χ3n) is 3.88. The molecule has 1 saturated heterocycles. The summed E-state index contributed by atoms with van der Waals surface area (Å²) in [5.41, 5.74) is 1.56. The normalized spacial score (nSPS) is 16.8. The van der Waals surface area contributed by atoms with Gasteiger partial charge in [-0.3, -0.25) is 4.79 Å². The Labute approximate surface area is 113 Å². The van der Waals surface area contributed by atoms with Gasteiger partial charge in [-0.2, -0.15) is 0 Å². The highest BCUT2D eigenvalue weighted by Crippen LogP contribution is 2.18. The minimum Gasteiger partial charge on any atom is -0.464 e. The van der Waals surface area contributed by atoms with E-state index in [4.69, 9.17) is 4.42 Å². The SMILES string of the molecule is O=C(CCN1CCCCC1)c1ccc2ccoc2c1. The predicted octanol–water partition coefficient (Wildman–Crippen LogP) is 3.49. The highest BCUT2D eigenvalue weighted by atomic mass is 16.3. The van der Waals surface area contributed by atoms with Gasteiger partial charge in [0.2, 0.25) is 0 Å². The van der Waals surface area contributed by atoms with E-state index in [0.29, 0.717) is 6.42 Å². The molecule has 0 bridgehead atoms. The van der Waals surface area contributed by atoms with Crippen LogP contribution in [0.25, 0.3) is 11.0 Å². The molecule has 0 unspecified atom stereocenters. The van der Waals surface area contributed by atoms with Crippen molar-refractivity contribution in [2.24, 2.45) is 0 Å². The number of hydrogen-bond acceptors (Lipinski definition) is 3. The molecule has 0 N–H and O–H groups in total. The second-order valence-corrected chi connectivity index (χ2v) is 5.25. The van der Waals surface area contributed by atoms with Gasteiger partial charge in [0.15, 0.2) is 5.78 Å². The van der Waals surface area contributed by atoms with E-state index in [9.17, 15) is 4.79 Å². The fraction of sp³-hybridized carbons (Fsp3) is 0.438. The maximum absolute atomic E-state index is 12.2. The smallest absolute Gasteiger partial charge is 0.164 e. The number of Topliss-reactive ketones (excluding diaryl/α,β-unsaturated/α-hetero) is 1. The topological polar surface area (TPSA) is 33.5 Å². The first-order valence-corrected chi connectivity index (χ1v) is 7.06. The lowest BCUT2D eigenvalue weighted by Gasteiger charge is -2.25. The summed E-state index contributed by atoms with van der Waals surface area (Å²) in [6.45, 7) is 3.17. The van der Waals surface area contributed by atoms with Gasteiger partial charge in [0.05, 0.1) is 6.26 Å². The Hall–Kier alpha value is -1.61. The summed E-state index contributed by atoms with van der Waals surface area (Å²) in [6.07, 6.45) is 6.14. The number of carbonyl (C=O) groups excluding carboxylic acids is 1. The zero-order valence-corrected chi connectivity index (χ0v) is 11.1. The number of likely N-dealkylation sites (tertiary alicyclic amines) is 1. The Morgan fingerprint density at radius 3 is 2.84 bits per heavy atom. The van der Waals surface area contributed by atoms with E-state index in [2.05, 4.69) is 4.90 Å². The summed E-state index contributed by atoms with van der Waals surface area (Å²) in [5.74, 6) is 0.212. The maximum Gasteiger partial charge on any atom is 0.164 e. The third kappa shape index (κ3) is 2.87. The highest BCUT2D eigenvalue weighted by molar-refractivity contribution is 5.99. The van der Waals surface area contributed by atoms with Gasteiger partial charge in [0.1, 0.15) is 5.58 Å². The first kappa shape index (κ1) is 12.4. The molecular formula is C16H19NO2. The van der Waals surface area contributed by atoms with E-state index in [1.165, 1.54) is 19.3 Å². The number of furan rings is 1. The molecule has 1 aliphatic rings. The minimum absolute atomic E-state index is 0.212. The van der Waals surface area contributed by atoms with Crippen molar-refractivity contribution in [3.05, 3.63) is 36.1 Å². The van der Waals surface area contributed by atoms with Gasteiger partial charge < -0.3 is 9.32 Å². The average Bonchev–Trinajstić information content (AvgIpc) is 2.93. The third-order valence-corrected chi connectivity index (χ3v) is 3.88.